The first-order chi connectivity index (χ1) is 10.7. The fourth-order valence-corrected chi connectivity index (χ4v) is 3.66. The SMILES string of the molecule is Cn1ccnc1[C@@H]1OCC[C@H]1C(=O)NC1CCCC(CO)C1. The summed E-state index contributed by atoms with van der Waals surface area (Å²) in [6.45, 7) is 0.814. The monoisotopic (exact) mass is 307 g/mol. The van der Waals surface area contributed by atoms with Gasteiger partial charge in [0.25, 0.3) is 0 Å². The molecule has 22 heavy (non-hydrogen) atoms. The Balaban J connectivity index is 1.63. The summed E-state index contributed by atoms with van der Waals surface area (Å²) in [5.74, 6) is 1.03. The fraction of sp³-hybridized carbons (Fsp3) is 0.750. The van der Waals surface area contributed by atoms with Crippen LogP contribution < -0.4 is 5.32 Å². The van der Waals surface area contributed by atoms with Crippen LogP contribution in [0.15, 0.2) is 12.4 Å². The van der Waals surface area contributed by atoms with Crippen molar-refractivity contribution in [1.82, 2.24) is 14.9 Å². The maximum atomic E-state index is 12.6. The number of aryl methyl sites for hydroxylation is 1. The maximum absolute atomic E-state index is 12.6. The molecule has 0 bridgehead atoms. The van der Waals surface area contributed by atoms with Crippen molar-refractivity contribution in [2.24, 2.45) is 18.9 Å². The molecule has 2 heterocycles. The van der Waals surface area contributed by atoms with Gasteiger partial charge in [-0.15, -0.1) is 0 Å². The van der Waals surface area contributed by atoms with Gasteiger partial charge in [0.05, 0.1) is 5.92 Å². The summed E-state index contributed by atoms with van der Waals surface area (Å²) in [5, 5.41) is 12.5. The number of aliphatic hydroxyl groups excluding tert-OH is 1. The van der Waals surface area contributed by atoms with Gasteiger partial charge in [0, 0.05) is 38.7 Å². The summed E-state index contributed by atoms with van der Waals surface area (Å²) >= 11 is 0. The van der Waals surface area contributed by atoms with Crippen LogP contribution in [0.25, 0.3) is 0 Å². The van der Waals surface area contributed by atoms with Gasteiger partial charge in [-0.25, -0.2) is 4.98 Å². The molecule has 0 radical (unpaired) electrons. The normalized spacial score (nSPS) is 32.1. The van der Waals surface area contributed by atoms with Crippen molar-refractivity contribution in [1.29, 1.82) is 0 Å². The van der Waals surface area contributed by atoms with Crippen molar-refractivity contribution < 1.29 is 14.6 Å². The number of carbonyl (C=O) groups is 1. The quantitative estimate of drug-likeness (QED) is 0.875. The summed E-state index contributed by atoms with van der Waals surface area (Å²) < 4.78 is 7.67. The van der Waals surface area contributed by atoms with Crippen LogP contribution in [0, 0.1) is 11.8 Å². The number of carbonyl (C=O) groups excluding carboxylic acids is 1. The lowest BCUT2D eigenvalue weighted by molar-refractivity contribution is -0.128. The van der Waals surface area contributed by atoms with Crippen molar-refractivity contribution in [3.05, 3.63) is 18.2 Å². The van der Waals surface area contributed by atoms with E-state index in [0.29, 0.717) is 12.5 Å². The number of nitrogens with one attached hydrogen (secondary N) is 1. The molecule has 1 amide bonds. The molecule has 4 atom stereocenters. The largest absolute Gasteiger partial charge is 0.396 e. The minimum atomic E-state index is -0.253. The van der Waals surface area contributed by atoms with Crippen LogP contribution >= 0.6 is 0 Å². The summed E-state index contributed by atoms with van der Waals surface area (Å²) in [4.78, 5) is 17.0. The third-order valence-electron chi connectivity index (χ3n) is 4.93. The Morgan fingerprint density at radius 2 is 2.36 bits per heavy atom. The van der Waals surface area contributed by atoms with E-state index in [1.54, 1.807) is 6.20 Å². The molecule has 0 spiro atoms. The lowest BCUT2D eigenvalue weighted by Gasteiger charge is -2.30. The number of hydrogen-bond donors (Lipinski definition) is 2. The molecular weight excluding hydrogens is 282 g/mol. The highest BCUT2D eigenvalue weighted by molar-refractivity contribution is 5.80. The fourth-order valence-electron chi connectivity index (χ4n) is 3.66. The van der Waals surface area contributed by atoms with Crippen LogP contribution in [0.4, 0.5) is 0 Å². The van der Waals surface area contributed by atoms with Gasteiger partial charge in [0.2, 0.25) is 5.91 Å². The first kappa shape index (κ1) is 15.5. The van der Waals surface area contributed by atoms with Crippen LogP contribution in [0.5, 0.6) is 0 Å². The second-order valence-electron chi connectivity index (χ2n) is 6.50. The zero-order valence-electron chi connectivity index (χ0n) is 13.1. The third-order valence-corrected chi connectivity index (χ3v) is 4.93. The minimum Gasteiger partial charge on any atom is -0.396 e. The standard InChI is InChI=1S/C16H25N3O3/c1-19-7-6-17-15(19)14-13(5-8-22-14)16(21)18-12-4-2-3-11(9-12)10-20/h6-7,11-14,20H,2-5,8-10H2,1H3,(H,18,21)/t11?,12?,13-,14-/m1/s1. The minimum absolute atomic E-state index is 0.0640. The highest BCUT2D eigenvalue weighted by atomic mass is 16.5. The van der Waals surface area contributed by atoms with Gasteiger partial charge >= 0.3 is 0 Å². The number of aromatic nitrogens is 2. The zero-order chi connectivity index (χ0) is 15.5. The Labute approximate surface area is 130 Å². The average Bonchev–Trinajstić information content (AvgIpc) is 3.15. The van der Waals surface area contributed by atoms with E-state index in [4.69, 9.17) is 4.74 Å². The maximum Gasteiger partial charge on any atom is 0.226 e. The summed E-state index contributed by atoms with van der Waals surface area (Å²) in [6.07, 6.45) is 8.10. The van der Waals surface area contributed by atoms with E-state index in [2.05, 4.69) is 10.3 Å². The van der Waals surface area contributed by atoms with Crippen molar-refractivity contribution in [3.8, 4) is 0 Å². The van der Waals surface area contributed by atoms with Gasteiger partial charge in [-0.1, -0.05) is 6.42 Å². The molecule has 2 N–H and O–H groups in total. The van der Waals surface area contributed by atoms with Crippen LogP contribution in [0.1, 0.15) is 44.0 Å². The molecule has 2 unspecified atom stereocenters. The second kappa shape index (κ2) is 6.79. The second-order valence-corrected chi connectivity index (χ2v) is 6.50. The first-order valence-corrected chi connectivity index (χ1v) is 8.19. The summed E-state index contributed by atoms with van der Waals surface area (Å²) in [5.41, 5.74) is 0. The predicted molar refractivity (Wildman–Crippen MR) is 81.0 cm³/mol. The highest BCUT2D eigenvalue weighted by Gasteiger charge is 2.38. The van der Waals surface area contributed by atoms with Crippen molar-refractivity contribution in [2.75, 3.05) is 13.2 Å². The van der Waals surface area contributed by atoms with Crippen LogP contribution in [0.2, 0.25) is 0 Å². The average molecular weight is 307 g/mol. The smallest absolute Gasteiger partial charge is 0.226 e. The van der Waals surface area contributed by atoms with E-state index in [0.717, 1.165) is 37.9 Å². The van der Waals surface area contributed by atoms with Crippen molar-refractivity contribution in [3.63, 3.8) is 0 Å². The van der Waals surface area contributed by atoms with E-state index in [1.807, 2.05) is 17.8 Å². The van der Waals surface area contributed by atoms with Crippen LogP contribution in [0.3, 0.4) is 0 Å². The molecule has 1 aromatic rings. The third kappa shape index (κ3) is 3.17. The lowest BCUT2D eigenvalue weighted by Crippen LogP contribution is -2.42. The predicted octanol–water partition coefficient (Wildman–Crippen LogP) is 1.16. The molecule has 1 aliphatic heterocycles. The van der Waals surface area contributed by atoms with Crippen molar-refractivity contribution >= 4 is 5.91 Å². The molecule has 3 rings (SSSR count). The number of hydrogen-bond acceptors (Lipinski definition) is 4. The van der Waals surface area contributed by atoms with Crippen LogP contribution in [-0.2, 0) is 16.6 Å². The Morgan fingerprint density at radius 1 is 1.50 bits per heavy atom. The van der Waals surface area contributed by atoms with E-state index in [9.17, 15) is 9.90 Å². The molecular formula is C16H25N3O3. The van der Waals surface area contributed by atoms with E-state index < -0.39 is 0 Å². The molecule has 1 saturated heterocycles. The van der Waals surface area contributed by atoms with Gasteiger partial charge in [-0.2, -0.15) is 0 Å². The Hall–Kier alpha value is -1.40. The molecule has 122 valence electrons. The molecule has 1 aliphatic carbocycles. The van der Waals surface area contributed by atoms with E-state index in [-0.39, 0.29) is 30.6 Å². The van der Waals surface area contributed by atoms with Crippen molar-refractivity contribution in [2.45, 2.75) is 44.2 Å². The Kier molecular flexibility index (Phi) is 4.78. The molecule has 6 nitrogen and oxygen atoms in total. The molecule has 1 aromatic heterocycles. The van der Waals surface area contributed by atoms with Gasteiger partial charge < -0.3 is 19.7 Å². The molecule has 2 aliphatic rings. The van der Waals surface area contributed by atoms with Gasteiger partial charge in [0.1, 0.15) is 11.9 Å². The highest BCUT2D eigenvalue weighted by Crippen LogP contribution is 2.34. The number of amides is 1. The van der Waals surface area contributed by atoms with Gasteiger partial charge in [-0.05, 0) is 31.6 Å². The number of ether oxygens (including phenoxy) is 1. The number of aliphatic hydroxyl groups is 1. The number of imidazole rings is 1. The Morgan fingerprint density at radius 3 is 3.09 bits per heavy atom. The van der Waals surface area contributed by atoms with Gasteiger partial charge in [0.15, 0.2) is 0 Å². The number of nitrogens with zero attached hydrogens (tertiary/aromatic N) is 2. The molecule has 6 heteroatoms. The number of rotatable bonds is 4. The molecule has 1 saturated carbocycles. The van der Waals surface area contributed by atoms with Crippen LogP contribution in [-0.4, -0.2) is 39.8 Å². The first-order valence-electron chi connectivity index (χ1n) is 8.19. The zero-order valence-corrected chi connectivity index (χ0v) is 13.1. The van der Waals surface area contributed by atoms with E-state index >= 15 is 0 Å². The molecule has 2 fully saturated rings. The van der Waals surface area contributed by atoms with E-state index in [1.165, 1.54) is 0 Å². The Bertz CT molecular complexity index is 516. The topological polar surface area (TPSA) is 76.4 Å². The summed E-state index contributed by atoms with van der Waals surface area (Å²) in [6, 6.07) is 0.182. The van der Waals surface area contributed by atoms with Gasteiger partial charge in [-0.3, -0.25) is 4.79 Å². The lowest BCUT2D eigenvalue weighted by atomic mass is 9.86. The molecule has 0 aromatic carbocycles. The summed E-state index contributed by atoms with van der Waals surface area (Å²) in [7, 11) is 1.92.